The van der Waals surface area contributed by atoms with Gasteiger partial charge in [0, 0.05) is 30.7 Å². The fourth-order valence-electron chi connectivity index (χ4n) is 4.26. The van der Waals surface area contributed by atoms with Gasteiger partial charge in [-0.15, -0.1) is 0 Å². The Labute approximate surface area is 205 Å². The van der Waals surface area contributed by atoms with Gasteiger partial charge in [-0.1, -0.05) is 72.8 Å². The molecule has 35 heavy (non-hydrogen) atoms. The third-order valence-electron chi connectivity index (χ3n) is 6.26. The molecule has 2 N–H and O–H groups in total. The molecule has 0 saturated heterocycles. The molecule has 5 nitrogen and oxygen atoms in total. The molecule has 0 radical (unpaired) electrons. The summed E-state index contributed by atoms with van der Waals surface area (Å²) in [4.78, 5) is 11.8. The molecule has 0 bridgehead atoms. The predicted octanol–water partition coefficient (Wildman–Crippen LogP) is 5.71. The summed E-state index contributed by atoms with van der Waals surface area (Å²) >= 11 is 0. The molecule has 174 valence electrons. The number of benzene rings is 4. The van der Waals surface area contributed by atoms with Gasteiger partial charge in [0.1, 0.15) is 11.4 Å². The standard InChI is InChI=1S/C30H28N4O/c1-34(2)25-19-17-22(18-20-25)28-32-27-16-10-9-15-26(27)29(33-28)31-21-30(35,23-11-5-3-6-12-23)24-13-7-4-8-14-24/h3-20,35H,21H2,1-2H3,(H,31,32,33). The van der Waals surface area contributed by atoms with Crippen LogP contribution in [0.4, 0.5) is 11.5 Å². The van der Waals surface area contributed by atoms with Crippen LogP contribution < -0.4 is 10.2 Å². The molecule has 0 fully saturated rings. The summed E-state index contributed by atoms with van der Waals surface area (Å²) in [6.45, 7) is 0.251. The highest BCUT2D eigenvalue weighted by Crippen LogP contribution is 2.32. The molecule has 5 heteroatoms. The highest BCUT2D eigenvalue weighted by atomic mass is 16.3. The molecule has 0 unspecified atom stereocenters. The van der Waals surface area contributed by atoms with Crippen LogP contribution in [0.3, 0.4) is 0 Å². The van der Waals surface area contributed by atoms with Gasteiger partial charge in [-0.2, -0.15) is 0 Å². The summed E-state index contributed by atoms with van der Waals surface area (Å²) in [5.74, 6) is 1.33. The Morgan fingerprint density at radius 1 is 0.714 bits per heavy atom. The maximum Gasteiger partial charge on any atom is 0.162 e. The van der Waals surface area contributed by atoms with E-state index in [1.807, 2.05) is 111 Å². The lowest BCUT2D eigenvalue weighted by Crippen LogP contribution is -2.35. The molecule has 0 saturated carbocycles. The van der Waals surface area contributed by atoms with Crippen molar-refractivity contribution in [1.82, 2.24) is 9.97 Å². The Kier molecular flexibility index (Phi) is 6.17. The topological polar surface area (TPSA) is 61.3 Å². The maximum atomic E-state index is 11.9. The summed E-state index contributed by atoms with van der Waals surface area (Å²) < 4.78 is 0. The van der Waals surface area contributed by atoms with E-state index < -0.39 is 5.60 Å². The third kappa shape index (κ3) is 4.59. The Hall–Kier alpha value is -4.22. The van der Waals surface area contributed by atoms with Crippen molar-refractivity contribution in [3.8, 4) is 11.4 Å². The smallest absolute Gasteiger partial charge is 0.162 e. The molecule has 0 atom stereocenters. The normalized spacial score (nSPS) is 11.4. The van der Waals surface area contributed by atoms with E-state index in [0.717, 1.165) is 33.3 Å². The predicted molar refractivity (Wildman–Crippen MR) is 144 cm³/mol. The fraction of sp³-hybridized carbons (Fsp3) is 0.133. The van der Waals surface area contributed by atoms with Gasteiger partial charge >= 0.3 is 0 Å². The lowest BCUT2D eigenvalue weighted by Gasteiger charge is -2.30. The van der Waals surface area contributed by atoms with Crippen molar-refractivity contribution in [2.45, 2.75) is 5.60 Å². The van der Waals surface area contributed by atoms with Crippen molar-refractivity contribution in [2.75, 3.05) is 30.9 Å². The lowest BCUT2D eigenvalue weighted by atomic mass is 9.86. The van der Waals surface area contributed by atoms with Crippen LogP contribution in [0.25, 0.3) is 22.3 Å². The molecule has 5 aromatic rings. The first-order chi connectivity index (χ1) is 17.0. The zero-order chi connectivity index (χ0) is 24.3. The second kappa shape index (κ2) is 9.57. The Morgan fingerprint density at radius 2 is 1.29 bits per heavy atom. The SMILES string of the molecule is CN(C)c1ccc(-c2nc(NCC(O)(c3ccccc3)c3ccccc3)c3ccccc3n2)cc1. The van der Waals surface area contributed by atoms with Crippen molar-refractivity contribution in [3.05, 3.63) is 120 Å². The zero-order valence-electron chi connectivity index (χ0n) is 19.9. The quantitative estimate of drug-likeness (QED) is 0.326. The molecular formula is C30H28N4O. The van der Waals surface area contributed by atoms with Gasteiger partial charge < -0.3 is 15.3 Å². The summed E-state index contributed by atoms with van der Waals surface area (Å²) in [6.07, 6.45) is 0. The minimum atomic E-state index is -1.23. The average Bonchev–Trinajstić information content (AvgIpc) is 2.92. The van der Waals surface area contributed by atoms with Crippen LogP contribution in [0.5, 0.6) is 0 Å². The van der Waals surface area contributed by atoms with Crippen LogP contribution in [-0.2, 0) is 5.60 Å². The number of rotatable bonds is 7. The summed E-state index contributed by atoms with van der Waals surface area (Å²) in [5.41, 5.74) is 3.30. The van der Waals surface area contributed by atoms with Gasteiger partial charge in [0.05, 0.1) is 12.1 Å². The van der Waals surface area contributed by atoms with E-state index >= 15 is 0 Å². The lowest BCUT2D eigenvalue weighted by molar-refractivity contribution is 0.0949. The van der Waals surface area contributed by atoms with Crippen molar-refractivity contribution in [3.63, 3.8) is 0 Å². The van der Waals surface area contributed by atoms with Crippen LogP contribution in [0, 0.1) is 0 Å². The number of aliphatic hydroxyl groups is 1. The van der Waals surface area contributed by atoms with Crippen LogP contribution in [0.2, 0.25) is 0 Å². The molecule has 0 amide bonds. The van der Waals surface area contributed by atoms with Crippen LogP contribution in [0.15, 0.2) is 109 Å². The molecule has 0 aliphatic heterocycles. The van der Waals surface area contributed by atoms with Gasteiger partial charge in [-0.05, 0) is 47.5 Å². The van der Waals surface area contributed by atoms with E-state index in [-0.39, 0.29) is 6.54 Å². The first-order valence-corrected chi connectivity index (χ1v) is 11.7. The minimum Gasteiger partial charge on any atom is -0.379 e. The Bertz CT molecular complexity index is 1380. The second-order valence-corrected chi connectivity index (χ2v) is 8.80. The number of nitrogens with one attached hydrogen (secondary N) is 1. The zero-order valence-corrected chi connectivity index (χ0v) is 19.9. The number of hydrogen-bond donors (Lipinski definition) is 2. The van der Waals surface area contributed by atoms with E-state index in [9.17, 15) is 5.11 Å². The molecule has 1 heterocycles. The molecule has 4 aromatic carbocycles. The van der Waals surface area contributed by atoms with Gasteiger partial charge in [0.25, 0.3) is 0 Å². The number of nitrogens with zero attached hydrogens (tertiary/aromatic N) is 3. The monoisotopic (exact) mass is 460 g/mol. The molecule has 0 aliphatic carbocycles. The summed E-state index contributed by atoms with van der Waals surface area (Å²) in [6, 6.07) is 35.6. The van der Waals surface area contributed by atoms with E-state index in [4.69, 9.17) is 9.97 Å². The van der Waals surface area contributed by atoms with Gasteiger partial charge in [0.2, 0.25) is 0 Å². The van der Waals surface area contributed by atoms with Gasteiger partial charge in [-0.3, -0.25) is 0 Å². The van der Waals surface area contributed by atoms with Crippen LogP contribution >= 0.6 is 0 Å². The first kappa shape index (κ1) is 22.6. The fourth-order valence-corrected chi connectivity index (χ4v) is 4.26. The first-order valence-electron chi connectivity index (χ1n) is 11.7. The third-order valence-corrected chi connectivity index (χ3v) is 6.26. The molecule has 0 aliphatic rings. The highest BCUT2D eigenvalue weighted by Gasteiger charge is 2.31. The Balaban J connectivity index is 1.55. The molecule has 5 rings (SSSR count). The maximum absolute atomic E-state index is 11.9. The molecule has 1 aromatic heterocycles. The van der Waals surface area contributed by atoms with Crippen molar-refractivity contribution in [1.29, 1.82) is 0 Å². The number of aromatic nitrogens is 2. The number of hydrogen-bond acceptors (Lipinski definition) is 5. The van der Waals surface area contributed by atoms with Gasteiger partial charge in [0.15, 0.2) is 5.82 Å². The highest BCUT2D eigenvalue weighted by molar-refractivity contribution is 5.90. The summed E-state index contributed by atoms with van der Waals surface area (Å²) in [7, 11) is 4.04. The number of anilines is 2. The number of fused-ring (bicyclic) bond motifs is 1. The van der Waals surface area contributed by atoms with Crippen LogP contribution in [-0.4, -0.2) is 35.7 Å². The van der Waals surface area contributed by atoms with E-state index in [0.29, 0.717) is 11.6 Å². The number of para-hydroxylation sites is 1. The van der Waals surface area contributed by atoms with Crippen LogP contribution in [0.1, 0.15) is 11.1 Å². The largest absolute Gasteiger partial charge is 0.379 e. The average molecular weight is 461 g/mol. The van der Waals surface area contributed by atoms with Crippen molar-refractivity contribution in [2.24, 2.45) is 0 Å². The second-order valence-electron chi connectivity index (χ2n) is 8.80. The van der Waals surface area contributed by atoms with E-state index in [1.54, 1.807) is 0 Å². The minimum absolute atomic E-state index is 0.251. The molecule has 0 spiro atoms. The van der Waals surface area contributed by atoms with Crippen molar-refractivity contribution < 1.29 is 5.11 Å². The van der Waals surface area contributed by atoms with Gasteiger partial charge in [-0.25, -0.2) is 9.97 Å². The van der Waals surface area contributed by atoms with Crippen molar-refractivity contribution >= 4 is 22.4 Å². The van der Waals surface area contributed by atoms with E-state index in [2.05, 4.69) is 22.3 Å². The van der Waals surface area contributed by atoms with E-state index in [1.165, 1.54) is 0 Å². The Morgan fingerprint density at radius 3 is 1.89 bits per heavy atom. The summed E-state index contributed by atoms with van der Waals surface area (Å²) in [5, 5.41) is 16.3. The molecular weight excluding hydrogens is 432 g/mol.